The van der Waals surface area contributed by atoms with Gasteiger partial charge in [0.2, 0.25) is 15.9 Å². The van der Waals surface area contributed by atoms with Crippen LogP contribution in [0, 0.1) is 6.92 Å². The fraction of sp³-hybridized carbons (Fsp3) is 0.533. The van der Waals surface area contributed by atoms with Crippen molar-refractivity contribution in [2.45, 2.75) is 45.1 Å². The summed E-state index contributed by atoms with van der Waals surface area (Å²) in [7, 11) is -3.69. The molecule has 0 aliphatic rings. The van der Waals surface area contributed by atoms with Gasteiger partial charge >= 0.3 is 0 Å². The highest BCUT2D eigenvalue weighted by molar-refractivity contribution is 9.10. The molecule has 124 valence electrons. The maximum absolute atomic E-state index is 12.7. The summed E-state index contributed by atoms with van der Waals surface area (Å²) in [4.78, 5) is 12.2. The molecule has 0 saturated carbocycles. The largest absolute Gasteiger partial charge is 0.350 e. The molecule has 0 radical (unpaired) electrons. The molecule has 22 heavy (non-hydrogen) atoms. The molecule has 0 atom stereocenters. The molecule has 1 aromatic rings. The average molecular weight is 391 g/mol. The summed E-state index contributed by atoms with van der Waals surface area (Å²) in [6.07, 6.45) is 0. The Hall–Kier alpha value is -0.920. The summed E-state index contributed by atoms with van der Waals surface area (Å²) in [5.74, 6) is -0.313. The molecule has 5 nitrogen and oxygen atoms in total. The van der Waals surface area contributed by atoms with E-state index in [-0.39, 0.29) is 23.9 Å². The lowest BCUT2D eigenvalue weighted by Gasteiger charge is -2.24. The summed E-state index contributed by atoms with van der Waals surface area (Å²) >= 11 is 3.35. The van der Waals surface area contributed by atoms with E-state index in [1.165, 1.54) is 10.4 Å². The number of aryl methyl sites for hydroxylation is 1. The van der Waals surface area contributed by atoms with Gasteiger partial charge in [-0.05, 0) is 51.5 Å². The van der Waals surface area contributed by atoms with Gasteiger partial charge in [-0.25, -0.2) is 8.42 Å². The van der Waals surface area contributed by atoms with Crippen LogP contribution < -0.4 is 5.32 Å². The van der Waals surface area contributed by atoms with E-state index in [4.69, 9.17) is 0 Å². The van der Waals surface area contributed by atoms with E-state index in [2.05, 4.69) is 21.2 Å². The Morgan fingerprint density at radius 3 is 2.36 bits per heavy atom. The minimum absolute atomic E-state index is 0.189. The lowest BCUT2D eigenvalue weighted by atomic mass is 10.1. The predicted octanol–water partition coefficient (Wildman–Crippen LogP) is 2.68. The maximum atomic E-state index is 12.7. The second-order valence-electron chi connectivity index (χ2n) is 6.14. The van der Waals surface area contributed by atoms with Crippen molar-refractivity contribution < 1.29 is 13.2 Å². The smallest absolute Gasteiger partial charge is 0.243 e. The molecular weight excluding hydrogens is 368 g/mol. The molecule has 1 N–H and O–H groups in total. The number of amides is 1. The Labute approximate surface area is 141 Å². The topological polar surface area (TPSA) is 66.5 Å². The van der Waals surface area contributed by atoms with Crippen molar-refractivity contribution in [3.63, 3.8) is 0 Å². The van der Waals surface area contributed by atoms with E-state index >= 15 is 0 Å². The van der Waals surface area contributed by atoms with Crippen LogP contribution >= 0.6 is 15.9 Å². The number of halogens is 1. The fourth-order valence-corrected chi connectivity index (χ4v) is 3.65. The van der Waals surface area contributed by atoms with Crippen LogP contribution in [0.4, 0.5) is 0 Å². The normalized spacial score (nSPS) is 12.5. The number of nitrogens with zero attached hydrogens (tertiary/aromatic N) is 1. The number of likely N-dealkylation sites (N-methyl/N-ethyl adjacent to an activating group) is 1. The summed E-state index contributed by atoms with van der Waals surface area (Å²) in [6, 6.07) is 4.84. The van der Waals surface area contributed by atoms with Gasteiger partial charge in [-0.15, -0.1) is 0 Å². The van der Waals surface area contributed by atoms with Gasteiger partial charge in [-0.2, -0.15) is 4.31 Å². The van der Waals surface area contributed by atoms with Crippen molar-refractivity contribution in [1.82, 2.24) is 9.62 Å². The van der Waals surface area contributed by atoms with Gasteiger partial charge in [-0.1, -0.05) is 22.9 Å². The Balaban J connectivity index is 3.02. The zero-order chi connectivity index (χ0) is 17.1. The number of rotatable bonds is 5. The van der Waals surface area contributed by atoms with Crippen LogP contribution in [0.3, 0.4) is 0 Å². The third-order valence-corrected chi connectivity index (χ3v) is 5.76. The molecule has 0 spiro atoms. The van der Waals surface area contributed by atoms with Crippen molar-refractivity contribution in [3.8, 4) is 0 Å². The van der Waals surface area contributed by atoms with Gasteiger partial charge in [-0.3, -0.25) is 4.79 Å². The first kappa shape index (κ1) is 19.1. The quantitative estimate of drug-likeness (QED) is 0.839. The van der Waals surface area contributed by atoms with Crippen molar-refractivity contribution >= 4 is 31.9 Å². The lowest BCUT2D eigenvalue weighted by Crippen LogP contribution is -2.47. The summed E-state index contributed by atoms with van der Waals surface area (Å²) < 4.78 is 27.3. The summed E-state index contributed by atoms with van der Waals surface area (Å²) in [5.41, 5.74) is 0.435. The first-order chi connectivity index (χ1) is 9.97. The van der Waals surface area contributed by atoms with E-state index in [1.54, 1.807) is 19.1 Å². The van der Waals surface area contributed by atoms with Crippen LogP contribution in [-0.4, -0.2) is 37.3 Å². The van der Waals surface area contributed by atoms with Gasteiger partial charge < -0.3 is 5.32 Å². The number of benzene rings is 1. The molecule has 1 aromatic carbocycles. The fourth-order valence-electron chi connectivity index (χ4n) is 1.91. The molecule has 7 heteroatoms. The Morgan fingerprint density at radius 1 is 1.32 bits per heavy atom. The van der Waals surface area contributed by atoms with Crippen LogP contribution in [0.25, 0.3) is 0 Å². The number of carbonyl (C=O) groups excluding carboxylic acids is 1. The predicted molar refractivity (Wildman–Crippen MR) is 91.2 cm³/mol. The Kier molecular flexibility index (Phi) is 6.18. The Morgan fingerprint density at radius 2 is 1.91 bits per heavy atom. The number of hydrogen-bond donors (Lipinski definition) is 1. The SMILES string of the molecule is CCN(CC(=O)NC(C)(C)C)S(=O)(=O)c1ccc(Br)c(C)c1. The van der Waals surface area contributed by atoms with Crippen LogP contribution in [0.15, 0.2) is 27.6 Å². The summed E-state index contributed by atoms with van der Waals surface area (Å²) in [5, 5.41) is 2.78. The molecule has 0 fully saturated rings. The second kappa shape index (κ2) is 7.10. The lowest BCUT2D eigenvalue weighted by molar-refractivity contribution is -0.122. The van der Waals surface area contributed by atoms with Gasteiger partial charge in [0.15, 0.2) is 0 Å². The van der Waals surface area contributed by atoms with Gasteiger partial charge in [0.1, 0.15) is 0 Å². The molecule has 0 aromatic heterocycles. The number of nitrogens with one attached hydrogen (secondary N) is 1. The standard InChI is InChI=1S/C15H23BrN2O3S/c1-6-18(10-14(19)17-15(3,4)5)22(20,21)12-7-8-13(16)11(2)9-12/h7-9H,6,10H2,1-5H3,(H,17,19). The summed E-state index contributed by atoms with van der Waals surface area (Å²) in [6.45, 7) is 9.15. The second-order valence-corrected chi connectivity index (χ2v) is 8.93. The monoisotopic (exact) mass is 390 g/mol. The minimum Gasteiger partial charge on any atom is -0.350 e. The van der Waals surface area contributed by atoms with Crippen LogP contribution in [0.2, 0.25) is 0 Å². The molecule has 0 bridgehead atoms. The van der Waals surface area contributed by atoms with Crippen molar-refractivity contribution in [2.75, 3.05) is 13.1 Å². The highest BCUT2D eigenvalue weighted by Crippen LogP contribution is 2.22. The number of hydrogen-bond acceptors (Lipinski definition) is 3. The number of carbonyl (C=O) groups is 1. The highest BCUT2D eigenvalue weighted by Gasteiger charge is 2.26. The number of sulfonamides is 1. The first-order valence-corrected chi connectivity index (χ1v) is 9.28. The minimum atomic E-state index is -3.69. The van der Waals surface area contributed by atoms with Crippen molar-refractivity contribution in [3.05, 3.63) is 28.2 Å². The molecule has 0 heterocycles. The van der Waals surface area contributed by atoms with Crippen LogP contribution in [-0.2, 0) is 14.8 Å². The Bertz CT molecular complexity index is 651. The third kappa shape index (κ3) is 5.07. The van der Waals surface area contributed by atoms with E-state index in [0.717, 1.165) is 10.0 Å². The van der Waals surface area contributed by atoms with Crippen LogP contribution in [0.1, 0.15) is 33.3 Å². The van der Waals surface area contributed by atoms with Crippen molar-refractivity contribution in [1.29, 1.82) is 0 Å². The molecule has 1 rings (SSSR count). The van der Waals surface area contributed by atoms with Gasteiger partial charge in [0.05, 0.1) is 11.4 Å². The molecule has 0 saturated heterocycles. The first-order valence-electron chi connectivity index (χ1n) is 7.04. The average Bonchev–Trinajstić information content (AvgIpc) is 2.36. The van der Waals surface area contributed by atoms with Gasteiger partial charge in [0, 0.05) is 16.6 Å². The van der Waals surface area contributed by atoms with E-state index in [9.17, 15) is 13.2 Å². The molecule has 1 amide bonds. The van der Waals surface area contributed by atoms with E-state index in [0.29, 0.717) is 0 Å². The molecular formula is C15H23BrN2O3S. The maximum Gasteiger partial charge on any atom is 0.243 e. The third-order valence-electron chi connectivity index (χ3n) is 2.95. The van der Waals surface area contributed by atoms with Crippen molar-refractivity contribution in [2.24, 2.45) is 0 Å². The van der Waals surface area contributed by atoms with Crippen LogP contribution in [0.5, 0.6) is 0 Å². The molecule has 0 unspecified atom stereocenters. The zero-order valence-corrected chi connectivity index (χ0v) is 16.0. The van der Waals surface area contributed by atoms with E-state index < -0.39 is 15.6 Å². The molecule has 0 aliphatic heterocycles. The molecule has 0 aliphatic carbocycles. The highest BCUT2D eigenvalue weighted by atomic mass is 79.9. The zero-order valence-electron chi connectivity index (χ0n) is 13.6. The van der Waals surface area contributed by atoms with Gasteiger partial charge in [0.25, 0.3) is 0 Å². The van der Waals surface area contributed by atoms with E-state index in [1.807, 2.05) is 27.7 Å².